The smallest absolute Gasteiger partial charge is 0.248 e. The molecule has 0 saturated heterocycles. The van der Waals surface area contributed by atoms with Gasteiger partial charge in [-0.3, -0.25) is 14.5 Å². The minimum Gasteiger partial charge on any atom is -0.354 e. The maximum atomic E-state index is 13.2. The number of carbonyl (C=O) groups is 2. The summed E-state index contributed by atoms with van der Waals surface area (Å²) in [6, 6.07) is 19.6. The summed E-state index contributed by atoms with van der Waals surface area (Å²) in [4.78, 5) is 28.1. The van der Waals surface area contributed by atoms with Crippen molar-refractivity contribution in [1.29, 1.82) is 0 Å². The first-order valence-electron chi connectivity index (χ1n) is 9.09. The summed E-state index contributed by atoms with van der Waals surface area (Å²) >= 11 is 13.3. The number of nitrogens with zero attached hydrogens (tertiary/aromatic N) is 1. The number of benzene rings is 2. The number of alkyl halides is 1. The van der Waals surface area contributed by atoms with E-state index in [1.165, 1.54) is 16.2 Å². The average molecular weight is 447 g/mol. The number of carbonyl (C=O) groups excluding carboxylic acids is 2. The Morgan fingerprint density at radius 1 is 1.00 bits per heavy atom. The Morgan fingerprint density at radius 2 is 1.72 bits per heavy atom. The average Bonchev–Trinajstić information content (AvgIpc) is 3.27. The quantitative estimate of drug-likeness (QED) is 0.490. The molecule has 1 N–H and O–H groups in total. The van der Waals surface area contributed by atoms with Gasteiger partial charge >= 0.3 is 0 Å². The lowest BCUT2D eigenvalue weighted by Gasteiger charge is -2.30. The highest BCUT2D eigenvalue weighted by molar-refractivity contribution is 7.10. The molecule has 1 heterocycles. The van der Waals surface area contributed by atoms with Gasteiger partial charge < -0.3 is 5.32 Å². The van der Waals surface area contributed by atoms with E-state index in [2.05, 4.69) is 5.32 Å². The van der Waals surface area contributed by atoms with Crippen molar-refractivity contribution in [1.82, 2.24) is 5.32 Å². The molecule has 0 aliphatic heterocycles. The molecule has 0 saturated carbocycles. The molecule has 0 aliphatic rings. The number of anilines is 1. The topological polar surface area (TPSA) is 49.4 Å². The zero-order valence-corrected chi connectivity index (χ0v) is 17.9. The van der Waals surface area contributed by atoms with Crippen LogP contribution in [-0.2, 0) is 16.0 Å². The van der Waals surface area contributed by atoms with E-state index in [4.69, 9.17) is 23.2 Å². The molecule has 1 aromatic heterocycles. The van der Waals surface area contributed by atoms with Crippen molar-refractivity contribution in [2.75, 3.05) is 17.3 Å². The number of hydrogen-bond donors (Lipinski definition) is 1. The van der Waals surface area contributed by atoms with Crippen LogP contribution in [0.5, 0.6) is 0 Å². The van der Waals surface area contributed by atoms with E-state index < -0.39 is 6.04 Å². The Bertz CT molecular complexity index is 931. The van der Waals surface area contributed by atoms with Crippen LogP contribution in [0.1, 0.15) is 16.5 Å². The molecule has 0 fully saturated rings. The van der Waals surface area contributed by atoms with E-state index in [9.17, 15) is 9.59 Å². The monoisotopic (exact) mass is 446 g/mol. The summed E-state index contributed by atoms with van der Waals surface area (Å²) in [6.45, 7) is 0.467. The molecule has 29 heavy (non-hydrogen) atoms. The predicted molar refractivity (Wildman–Crippen MR) is 120 cm³/mol. The molecule has 0 radical (unpaired) electrons. The van der Waals surface area contributed by atoms with Crippen LogP contribution < -0.4 is 10.2 Å². The highest BCUT2D eigenvalue weighted by Crippen LogP contribution is 2.31. The van der Waals surface area contributed by atoms with Crippen molar-refractivity contribution in [3.05, 3.63) is 87.6 Å². The number of amides is 2. The van der Waals surface area contributed by atoms with E-state index in [1.54, 1.807) is 24.3 Å². The van der Waals surface area contributed by atoms with E-state index in [0.29, 0.717) is 23.7 Å². The molecule has 0 bridgehead atoms. The summed E-state index contributed by atoms with van der Waals surface area (Å²) in [7, 11) is 0. The molecule has 4 nitrogen and oxygen atoms in total. The van der Waals surface area contributed by atoms with E-state index in [-0.39, 0.29) is 17.7 Å². The maximum Gasteiger partial charge on any atom is 0.248 e. The molecule has 2 amide bonds. The molecule has 3 rings (SSSR count). The highest BCUT2D eigenvalue weighted by Gasteiger charge is 2.32. The second-order valence-electron chi connectivity index (χ2n) is 6.32. The highest BCUT2D eigenvalue weighted by atomic mass is 35.5. The molecular weight excluding hydrogens is 427 g/mol. The third kappa shape index (κ3) is 5.60. The Labute approximate surface area is 184 Å². The van der Waals surface area contributed by atoms with Crippen molar-refractivity contribution >= 4 is 52.0 Å². The van der Waals surface area contributed by atoms with Crippen LogP contribution in [0.3, 0.4) is 0 Å². The van der Waals surface area contributed by atoms with Crippen LogP contribution in [0.25, 0.3) is 0 Å². The van der Waals surface area contributed by atoms with Gasteiger partial charge in [-0.05, 0) is 47.7 Å². The van der Waals surface area contributed by atoms with E-state index >= 15 is 0 Å². The Hall–Kier alpha value is -2.34. The Kier molecular flexibility index (Phi) is 7.69. The van der Waals surface area contributed by atoms with Crippen LogP contribution in [0, 0.1) is 0 Å². The first-order valence-corrected chi connectivity index (χ1v) is 10.9. The lowest BCUT2D eigenvalue weighted by molar-refractivity contribution is -0.125. The number of rotatable bonds is 8. The molecule has 150 valence electrons. The Morgan fingerprint density at radius 3 is 2.34 bits per heavy atom. The molecule has 3 aromatic rings. The van der Waals surface area contributed by atoms with Crippen LogP contribution in [0.2, 0.25) is 5.02 Å². The minimum absolute atomic E-state index is 0.234. The summed E-state index contributed by atoms with van der Waals surface area (Å²) in [5, 5.41) is 5.39. The van der Waals surface area contributed by atoms with Gasteiger partial charge in [0, 0.05) is 22.1 Å². The van der Waals surface area contributed by atoms with Gasteiger partial charge in [0.25, 0.3) is 0 Å². The third-order valence-corrected chi connectivity index (χ3v) is 5.77. The summed E-state index contributed by atoms with van der Waals surface area (Å²) in [5.41, 5.74) is 1.70. The second-order valence-corrected chi connectivity index (χ2v) is 8.00. The zero-order chi connectivity index (χ0) is 20.6. The van der Waals surface area contributed by atoms with Gasteiger partial charge in [0.1, 0.15) is 11.9 Å². The summed E-state index contributed by atoms with van der Waals surface area (Å²) in [5.74, 6) is -0.843. The van der Waals surface area contributed by atoms with Crippen molar-refractivity contribution in [3.63, 3.8) is 0 Å². The lowest BCUT2D eigenvalue weighted by Crippen LogP contribution is -2.44. The van der Waals surface area contributed by atoms with Crippen LogP contribution >= 0.6 is 34.5 Å². The molecule has 0 aliphatic carbocycles. The largest absolute Gasteiger partial charge is 0.354 e. The van der Waals surface area contributed by atoms with Crippen molar-refractivity contribution in [2.45, 2.75) is 12.5 Å². The minimum atomic E-state index is -0.807. The van der Waals surface area contributed by atoms with Gasteiger partial charge in [-0.1, -0.05) is 48.0 Å². The first-order chi connectivity index (χ1) is 14.1. The summed E-state index contributed by atoms with van der Waals surface area (Å²) in [6.07, 6.45) is 0.703. The first kappa shape index (κ1) is 21.4. The fourth-order valence-electron chi connectivity index (χ4n) is 3.00. The van der Waals surface area contributed by atoms with Crippen LogP contribution in [0.4, 0.5) is 5.69 Å². The Balaban J connectivity index is 1.85. The fourth-order valence-corrected chi connectivity index (χ4v) is 4.06. The van der Waals surface area contributed by atoms with Gasteiger partial charge in [0.05, 0.1) is 0 Å². The number of thiophene rings is 1. The van der Waals surface area contributed by atoms with Gasteiger partial charge in [-0.2, -0.15) is 0 Å². The van der Waals surface area contributed by atoms with E-state index in [1.807, 2.05) is 47.8 Å². The molecule has 2 aromatic carbocycles. The third-order valence-electron chi connectivity index (χ3n) is 4.36. The van der Waals surface area contributed by atoms with Crippen LogP contribution in [0.15, 0.2) is 72.1 Å². The van der Waals surface area contributed by atoms with Gasteiger partial charge in [-0.15, -0.1) is 22.9 Å². The fraction of sp³-hybridized carbons (Fsp3) is 0.182. The number of nitrogens with one attached hydrogen (secondary N) is 1. The lowest BCUT2D eigenvalue weighted by atomic mass is 10.1. The molecule has 0 spiro atoms. The van der Waals surface area contributed by atoms with Gasteiger partial charge in [0.2, 0.25) is 11.8 Å². The molecule has 1 atom stereocenters. The predicted octanol–water partition coefficient (Wildman–Crippen LogP) is 5.07. The summed E-state index contributed by atoms with van der Waals surface area (Å²) < 4.78 is 0. The van der Waals surface area contributed by atoms with Crippen LogP contribution in [-0.4, -0.2) is 24.2 Å². The zero-order valence-electron chi connectivity index (χ0n) is 15.6. The SMILES string of the molecule is O=C(NCCc1ccccc1)[C@H](c1cccs1)N(C(=O)CCl)c1ccc(Cl)cc1. The maximum absolute atomic E-state index is 13.2. The number of halogens is 2. The second kappa shape index (κ2) is 10.4. The number of hydrogen-bond acceptors (Lipinski definition) is 3. The standard InChI is InChI=1S/C22H20Cl2N2O2S/c23-15-20(27)26(18-10-8-17(24)9-11-18)21(19-7-4-14-29-19)22(28)25-13-12-16-5-2-1-3-6-16/h1-11,14,21H,12-13,15H2,(H,25,28)/t21-/m0/s1. The van der Waals surface area contributed by atoms with Crippen molar-refractivity contribution < 1.29 is 9.59 Å². The van der Waals surface area contributed by atoms with Gasteiger partial charge in [0.15, 0.2) is 0 Å². The van der Waals surface area contributed by atoms with E-state index in [0.717, 1.165) is 10.4 Å². The molecule has 7 heteroatoms. The molecule has 0 unspecified atom stereocenters. The van der Waals surface area contributed by atoms with Crippen molar-refractivity contribution in [2.24, 2.45) is 0 Å². The normalized spacial score (nSPS) is 11.7. The van der Waals surface area contributed by atoms with Crippen molar-refractivity contribution in [3.8, 4) is 0 Å². The van der Waals surface area contributed by atoms with Gasteiger partial charge in [-0.25, -0.2) is 0 Å². The molecular formula is C22H20Cl2N2O2S.